The van der Waals surface area contributed by atoms with Gasteiger partial charge in [-0.15, -0.1) is 0 Å². The van der Waals surface area contributed by atoms with Crippen LogP contribution in [0, 0.1) is 6.92 Å². The summed E-state index contributed by atoms with van der Waals surface area (Å²) in [6.07, 6.45) is 3.52. The number of amides is 1. The van der Waals surface area contributed by atoms with E-state index in [-0.39, 0.29) is 5.91 Å². The van der Waals surface area contributed by atoms with Gasteiger partial charge in [-0.05, 0) is 36.8 Å². The quantitative estimate of drug-likeness (QED) is 0.424. The predicted molar refractivity (Wildman–Crippen MR) is 109 cm³/mol. The lowest BCUT2D eigenvalue weighted by atomic mass is 10.1. The third-order valence-electron chi connectivity index (χ3n) is 3.62. The highest BCUT2D eigenvalue weighted by atomic mass is 32.2. The van der Waals surface area contributed by atoms with Gasteiger partial charge in [0.1, 0.15) is 12.4 Å². The van der Waals surface area contributed by atoms with Gasteiger partial charge in [0.2, 0.25) is 0 Å². The van der Waals surface area contributed by atoms with Crippen LogP contribution in [-0.2, 0) is 4.79 Å². The molecule has 126 valence electrons. The first-order valence-corrected chi connectivity index (χ1v) is 9.00. The van der Waals surface area contributed by atoms with Crippen LogP contribution in [0.5, 0.6) is 5.75 Å². The van der Waals surface area contributed by atoms with Crippen LogP contribution in [0.1, 0.15) is 11.1 Å². The molecule has 0 spiro atoms. The molecule has 0 unspecified atom stereocenters. The van der Waals surface area contributed by atoms with Gasteiger partial charge in [-0.3, -0.25) is 9.69 Å². The van der Waals surface area contributed by atoms with Crippen molar-refractivity contribution >= 4 is 46.0 Å². The first-order chi connectivity index (χ1) is 12.1. The van der Waals surface area contributed by atoms with E-state index >= 15 is 0 Å². The second-order valence-corrected chi connectivity index (χ2v) is 7.17. The zero-order chi connectivity index (χ0) is 17.8. The SMILES string of the molecule is C=CCOc1ccccc1/C=C1/SC(=S)N(c2cccc(C)c2)C1=O. The van der Waals surface area contributed by atoms with E-state index in [1.807, 2.05) is 61.5 Å². The summed E-state index contributed by atoms with van der Waals surface area (Å²) in [7, 11) is 0. The first-order valence-electron chi connectivity index (χ1n) is 7.77. The Morgan fingerprint density at radius 2 is 2.04 bits per heavy atom. The van der Waals surface area contributed by atoms with Gasteiger partial charge in [-0.25, -0.2) is 0 Å². The minimum Gasteiger partial charge on any atom is -0.489 e. The average molecular weight is 367 g/mol. The van der Waals surface area contributed by atoms with E-state index in [1.165, 1.54) is 11.8 Å². The van der Waals surface area contributed by atoms with Crippen LogP contribution in [0.2, 0.25) is 0 Å². The van der Waals surface area contributed by atoms with E-state index in [1.54, 1.807) is 11.0 Å². The number of thiocarbonyl (C=S) groups is 1. The molecule has 0 atom stereocenters. The fraction of sp³-hybridized carbons (Fsp3) is 0.100. The summed E-state index contributed by atoms with van der Waals surface area (Å²) >= 11 is 6.72. The Labute approximate surface area is 157 Å². The zero-order valence-electron chi connectivity index (χ0n) is 13.8. The number of ether oxygens (including phenoxy) is 1. The van der Waals surface area contributed by atoms with Gasteiger partial charge < -0.3 is 4.74 Å². The van der Waals surface area contributed by atoms with Crippen molar-refractivity contribution in [3.8, 4) is 5.75 Å². The Hall–Kier alpha value is -2.37. The molecule has 0 bridgehead atoms. The molecule has 3 rings (SSSR count). The van der Waals surface area contributed by atoms with Crippen LogP contribution in [-0.4, -0.2) is 16.8 Å². The molecule has 1 saturated heterocycles. The summed E-state index contributed by atoms with van der Waals surface area (Å²) in [4.78, 5) is 15.0. The molecular weight excluding hydrogens is 350 g/mol. The second kappa shape index (κ2) is 7.68. The molecule has 0 saturated carbocycles. The molecule has 3 nitrogen and oxygen atoms in total. The van der Waals surface area contributed by atoms with Crippen LogP contribution < -0.4 is 9.64 Å². The van der Waals surface area contributed by atoms with Crippen molar-refractivity contribution in [3.63, 3.8) is 0 Å². The van der Waals surface area contributed by atoms with E-state index in [4.69, 9.17) is 17.0 Å². The maximum absolute atomic E-state index is 12.8. The lowest BCUT2D eigenvalue weighted by Crippen LogP contribution is -2.27. The monoisotopic (exact) mass is 367 g/mol. The number of benzene rings is 2. The third kappa shape index (κ3) is 3.83. The number of aryl methyl sites for hydroxylation is 1. The number of rotatable bonds is 5. The number of thioether (sulfide) groups is 1. The van der Waals surface area contributed by atoms with E-state index in [0.29, 0.717) is 21.6 Å². The van der Waals surface area contributed by atoms with E-state index in [0.717, 1.165) is 16.8 Å². The minimum atomic E-state index is -0.112. The van der Waals surface area contributed by atoms with Crippen molar-refractivity contribution < 1.29 is 9.53 Å². The van der Waals surface area contributed by atoms with Crippen molar-refractivity contribution in [1.29, 1.82) is 0 Å². The van der Waals surface area contributed by atoms with E-state index in [2.05, 4.69) is 6.58 Å². The normalized spacial score (nSPS) is 15.7. The standard InChI is InChI=1S/C20H17NO2S2/c1-3-11-23-17-10-5-4-8-15(17)13-18-19(22)21(20(24)25-18)16-9-6-7-14(2)12-16/h3-10,12-13H,1,11H2,2H3/b18-13+. The van der Waals surface area contributed by atoms with Crippen LogP contribution in [0.25, 0.3) is 6.08 Å². The maximum Gasteiger partial charge on any atom is 0.270 e. The van der Waals surface area contributed by atoms with Gasteiger partial charge >= 0.3 is 0 Å². The number of hydrogen-bond donors (Lipinski definition) is 0. The Balaban J connectivity index is 1.92. The van der Waals surface area contributed by atoms with Crippen LogP contribution in [0.3, 0.4) is 0 Å². The molecule has 2 aromatic carbocycles. The fourth-order valence-corrected chi connectivity index (χ4v) is 3.77. The number of para-hydroxylation sites is 1. The fourth-order valence-electron chi connectivity index (χ4n) is 2.48. The number of hydrogen-bond acceptors (Lipinski definition) is 4. The molecule has 1 fully saturated rings. The second-order valence-electron chi connectivity index (χ2n) is 5.49. The van der Waals surface area contributed by atoms with Gasteiger partial charge in [0, 0.05) is 5.56 Å². The molecule has 0 aliphatic carbocycles. The Kier molecular flexibility index (Phi) is 5.36. The van der Waals surface area contributed by atoms with Crippen molar-refractivity contribution in [1.82, 2.24) is 0 Å². The first kappa shape index (κ1) is 17.5. The smallest absolute Gasteiger partial charge is 0.270 e. The van der Waals surface area contributed by atoms with Crippen LogP contribution in [0.4, 0.5) is 5.69 Å². The van der Waals surface area contributed by atoms with Gasteiger partial charge in [0.15, 0.2) is 4.32 Å². The topological polar surface area (TPSA) is 29.5 Å². The summed E-state index contributed by atoms with van der Waals surface area (Å²) in [6.45, 7) is 6.06. The van der Waals surface area contributed by atoms with E-state index < -0.39 is 0 Å². The summed E-state index contributed by atoms with van der Waals surface area (Å²) in [5.41, 5.74) is 2.72. The van der Waals surface area contributed by atoms with Crippen molar-refractivity contribution in [2.24, 2.45) is 0 Å². The summed E-state index contributed by atoms with van der Waals surface area (Å²) in [5.74, 6) is 0.599. The third-order valence-corrected chi connectivity index (χ3v) is 4.92. The Morgan fingerprint density at radius 3 is 2.80 bits per heavy atom. The molecule has 1 heterocycles. The largest absolute Gasteiger partial charge is 0.489 e. The predicted octanol–water partition coefficient (Wildman–Crippen LogP) is 4.97. The van der Waals surface area contributed by atoms with Gasteiger partial charge in [-0.1, -0.05) is 67.0 Å². The average Bonchev–Trinajstić information content (AvgIpc) is 2.88. The van der Waals surface area contributed by atoms with Crippen molar-refractivity contribution in [2.75, 3.05) is 11.5 Å². The minimum absolute atomic E-state index is 0.112. The Bertz CT molecular complexity index is 874. The van der Waals surface area contributed by atoms with Gasteiger partial charge in [0.25, 0.3) is 5.91 Å². The molecule has 0 N–H and O–H groups in total. The molecule has 1 aliphatic rings. The highest BCUT2D eigenvalue weighted by molar-refractivity contribution is 8.27. The number of carbonyl (C=O) groups is 1. The summed E-state index contributed by atoms with van der Waals surface area (Å²) < 4.78 is 6.19. The number of carbonyl (C=O) groups excluding carboxylic acids is 1. The van der Waals surface area contributed by atoms with Gasteiger partial charge in [0.05, 0.1) is 10.6 Å². The van der Waals surface area contributed by atoms with Crippen LogP contribution >= 0.6 is 24.0 Å². The molecule has 0 aromatic heterocycles. The molecule has 1 amide bonds. The van der Waals surface area contributed by atoms with E-state index in [9.17, 15) is 4.79 Å². The molecule has 2 aromatic rings. The van der Waals surface area contributed by atoms with Crippen molar-refractivity contribution in [3.05, 3.63) is 77.2 Å². The molecule has 5 heteroatoms. The molecule has 1 aliphatic heterocycles. The lowest BCUT2D eigenvalue weighted by molar-refractivity contribution is -0.113. The van der Waals surface area contributed by atoms with Gasteiger partial charge in [-0.2, -0.15) is 0 Å². The van der Waals surface area contributed by atoms with Crippen LogP contribution in [0.15, 0.2) is 66.1 Å². The molecule has 25 heavy (non-hydrogen) atoms. The number of nitrogens with zero attached hydrogens (tertiary/aromatic N) is 1. The molecule has 0 radical (unpaired) electrons. The Morgan fingerprint density at radius 1 is 1.24 bits per heavy atom. The lowest BCUT2D eigenvalue weighted by Gasteiger charge is -2.14. The molecular formula is C20H17NO2S2. The highest BCUT2D eigenvalue weighted by Gasteiger charge is 2.33. The van der Waals surface area contributed by atoms with Crippen molar-refractivity contribution in [2.45, 2.75) is 6.92 Å². The highest BCUT2D eigenvalue weighted by Crippen LogP contribution is 2.37. The zero-order valence-corrected chi connectivity index (χ0v) is 15.4. The summed E-state index contributed by atoms with van der Waals surface area (Å²) in [6, 6.07) is 15.3. The summed E-state index contributed by atoms with van der Waals surface area (Å²) in [5, 5.41) is 0. The maximum atomic E-state index is 12.8. The number of anilines is 1.